The Labute approximate surface area is 154 Å². The van der Waals surface area contributed by atoms with Crippen LogP contribution in [-0.4, -0.2) is 51.5 Å². The molecule has 1 aliphatic heterocycles. The minimum Gasteiger partial charge on any atom is -0.379 e. The summed E-state index contributed by atoms with van der Waals surface area (Å²) in [6.45, 7) is 1.05. The lowest BCUT2D eigenvalue weighted by atomic mass is 9.90. The monoisotopic (exact) mass is 381 g/mol. The number of halogens is 2. The molecule has 1 aromatic carbocycles. The normalized spacial score (nSPS) is 20.8. The number of likely N-dealkylation sites (tertiary alicyclic amines) is 1. The maximum atomic E-state index is 13.9. The summed E-state index contributed by atoms with van der Waals surface area (Å²) in [5.41, 5.74) is -1.42. The van der Waals surface area contributed by atoms with Gasteiger partial charge in [0, 0.05) is 36.8 Å². The first-order chi connectivity index (χ1) is 12.4. The molecule has 1 atom stereocenters. The smallest absolute Gasteiger partial charge is 0.256 e. The summed E-state index contributed by atoms with van der Waals surface area (Å²) < 4.78 is 27.3. The zero-order valence-corrected chi connectivity index (χ0v) is 15.3. The van der Waals surface area contributed by atoms with Crippen molar-refractivity contribution in [1.82, 2.24) is 14.8 Å². The highest BCUT2D eigenvalue weighted by Gasteiger charge is 2.43. The fourth-order valence-electron chi connectivity index (χ4n) is 3.30. The van der Waals surface area contributed by atoms with Gasteiger partial charge in [0.15, 0.2) is 17.2 Å². The minimum absolute atomic E-state index is 0.0546. The van der Waals surface area contributed by atoms with Crippen molar-refractivity contribution < 1.29 is 18.7 Å². The molecule has 0 bridgehead atoms. The highest BCUT2D eigenvalue weighted by molar-refractivity contribution is 7.09. The SMILES string of the molecule is CN(Cc1nccs1)C[C@@]1(O)CCCN(Cc2cccc(F)c2F)C1=O. The van der Waals surface area contributed by atoms with Crippen molar-refractivity contribution in [3.8, 4) is 0 Å². The summed E-state index contributed by atoms with van der Waals surface area (Å²) in [5.74, 6) is -2.33. The average molecular weight is 381 g/mol. The molecule has 0 spiro atoms. The van der Waals surface area contributed by atoms with E-state index in [0.29, 0.717) is 25.9 Å². The van der Waals surface area contributed by atoms with E-state index in [0.717, 1.165) is 11.1 Å². The molecule has 1 amide bonds. The molecule has 0 aliphatic carbocycles. The van der Waals surface area contributed by atoms with Crippen molar-refractivity contribution in [1.29, 1.82) is 0 Å². The molecule has 3 rings (SSSR count). The van der Waals surface area contributed by atoms with Gasteiger partial charge in [0.2, 0.25) is 0 Å². The standard InChI is InChI=1S/C18H21F2N3O2S/c1-22(11-15-21-7-9-26-15)12-18(25)6-3-8-23(17(18)24)10-13-4-2-5-14(19)16(13)20/h2,4-5,7,9,25H,3,6,8,10-12H2,1H3/t18-/m0/s1. The van der Waals surface area contributed by atoms with Crippen molar-refractivity contribution in [2.75, 3.05) is 20.1 Å². The molecule has 8 heteroatoms. The van der Waals surface area contributed by atoms with Crippen LogP contribution in [-0.2, 0) is 17.9 Å². The van der Waals surface area contributed by atoms with Gasteiger partial charge in [-0.1, -0.05) is 12.1 Å². The van der Waals surface area contributed by atoms with Gasteiger partial charge < -0.3 is 10.0 Å². The molecule has 0 saturated carbocycles. The van der Waals surface area contributed by atoms with E-state index >= 15 is 0 Å². The van der Waals surface area contributed by atoms with Crippen molar-refractivity contribution in [3.63, 3.8) is 0 Å². The van der Waals surface area contributed by atoms with Gasteiger partial charge in [-0.2, -0.15) is 0 Å². The predicted molar refractivity (Wildman–Crippen MR) is 94.4 cm³/mol. The van der Waals surface area contributed by atoms with E-state index in [2.05, 4.69) is 4.98 Å². The molecule has 1 fully saturated rings. The lowest BCUT2D eigenvalue weighted by Gasteiger charge is -2.40. The largest absolute Gasteiger partial charge is 0.379 e. The van der Waals surface area contributed by atoms with Crippen LogP contribution in [0.1, 0.15) is 23.4 Å². The summed E-state index contributed by atoms with van der Waals surface area (Å²) in [7, 11) is 1.82. The lowest BCUT2D eigenvalue weighted by molar-refractivity contribution is -0.160. The number of carbonyl (C=O) groups excluding carboxylic acids is 1. The van der Waals surface area contributed by atoms with E-state index in [4.69, 9.17) is 0 Å². The first-order valence-electron chi connectivity index (χ1n) is 8.40. The molecule has 1 N–H and O–H groups in total. The first-order valence-corrected chi connectivity index (χ1v) is 9.28. The van der Waals surface area contributed by atoms with E-state index in [1.165, 1.54) is 28.4 Å². The minimum atomic E-state index is -1.53. The van der Waals surface area contributed by atoms with Crippen LogP contribution in [0.5, 0.6) is 0 Å². The van der Waals surface area contributed by atoms with Gasteiger partial charge in [0.25, 0.3) is 5.91 Å². The van der Waals surface area contributed by atoms with Gasteiger partial charge in [0.05, 0.1) is 6.54 Å². The molecule has 0 radical (unpaired) electrons. The number of aromatic nitrogens is 1. The number of carbonyl (C=O) groups is 1. The third-order valence-corrected chi connectivity index (χ3v) is 5.28. The fourth-order valence-corrected chi connectivity index (χ4v) is 4.00. The number of benzene rings is 1. The molecule has 0 unspecified atom stereocenters. The summed E-state index contributed by atoms with van der Waals surface area (Å²) in [6, 6.07) is 3.91. The molecule has 1 saturated heterocycles. The summed E-state index contributed by atoms with van der Waals surface area (Å²) >= 11 is 1.51. The maximum absolute atomic E-state index is 13.9. The second kappa shape index (κ2) is 7.77. The fraction of sp³-hybridized carbons (Fsp3) is 0.444. The summed E-state index contributed by atoms with van der Waals surface area (Å²) in [4.78, 5) is 20.3. The number of hydrogen-bond acceptors (Lipinski definition) is 5. The van der Waals surface area contributed by atoms with Crippen LogP contribution in [0, 0.1) is 11.6 Å². The van der Waals surface area contributed by atoms with Gasteiger partial charge in [-0.15, -0.1) is 11.3 Å². The zero-order chi connectivity index (χ0) is 18.7. The topological polar surface area (TPSA) is 56.7 Å². The second-order valence-electron chi connectivity index (χ2n) is 6.67. The molecule has 2 heterocycles. The quantitative estimate of drug-likeness (QED) is 0.835. The highest BCUT2D eigenvalue weighted by atomic mass is 32.1. The van der Waals surface area contributed by atoms with E-state index in [9.17, 15) is 18.7 Å². The Balaban J connectivity index is 1.68. The molecule has 1 aliphatic rings. The van der Waals surface area contributed by atoms with Gasteiger partial charge in [0.1, 0.15) is 5.01 Å². The predicted octanol–water partition coefficient (Wildman–Crippen LogP) is 2.41. The number of piperidine rings is 1. The lowest BCUT2D eigenvalue weighted by Crippen LogP contribution is -2.57. The van der Waals surface area contributed by atoms with Crippen molar-refractivity contribution in [2.24, 2.45) is 0 Å². The number of rotatable bonds is 6. The molecular formula is C18H21F2N3O2S. The Hall–Kier alpha value is -1.90. The summed E-state index contributed by atoms with van der Waals surface area (Å²) in [5, 5.41) is 13.7. The Morgan fingerprint density at radius 1 is 1.42 bits per heavy atom. The zero-order valence-electron chi connectivity index (χ0n) is 14.5. The second-order valence-corrected chi connectivity index (χ2v) is 7.65. The molecular weight excluding hydrogens is 360 g/mol. The van der Waals surface area contributed by atoms with Gasteiger partial charge >= 0.3 is 0 Å². The van der Waals surface area contributed by atoms with Crippen LogP contribution in [0.4, 0.5) is 8.78 Å². The van der Waals surface area contributed by atoms with Crippen molar-refractivity contribution in [3.05, 3.63) is 52.0 Å². The average Bonchev–Trinajstić information content (AvgIpc) is 3.09. The van der Waals surface area contributed by atoms with Gasteiger partial charge in [-0.3, -0.25) is 9.69 Å². The van der Waals surface area contributed by atoms with Crippen molar-refractivity contribution >= 4 is 17.2 Å². The Morgan fingerprint density at radius 3 is 2.96 bits per heavy atom. The molecule has 2 aromatic rings. The Kier molecular flexibility index (Phi) is 5.64. The first kappa shape index (κ1) is 18.9. The van der Waals surface area contributed by atoms with Crippen LogP contribution < -0.4 is 0 Å². The summed E-state index contributed by atoms with van der Waals surface area (Å²) in [6.07, 6.45) is 2.66. The van der Waals surface area contributed by atoms with Crippen LogP contribution in [0.25, 0.3) is 0 Å². The Bertz CT molecular complexity index is 772. The highest BCUT2D eigenvalue weighted by Crippen LogP contribution is 2.26. The number of nitrogens with zero attached hydrogens (tertiary/aromatic N) is 3. The molecule has 1 aromatic heterocycles. The number of hydrogen-bond donors (Lipinski definition) is 1. The molecule has 5 nitrogen and oxygen atoms in total. The van der Waals surface area contributed by atoms with Gasteiger partial charge in [-0.05, 0) is 26.0 Å². The van der Waals surface area contributed by atoms with Crippen molar-refractivity contribution in [2.45, 2.75) is 31.5 Å². The van der Waals surface area contributed by atoms with Gasteiger partial charge in [-0.25, -0.2) is 13.8 Å². The third-order valence-electron chi connectivity index (χ3n) is 4.52. The van der Waals surface area contributed by atoms with E-state index < -0.39 is 23.1 Å². The molecule has 26 heavy (non-hydrogen) atoms. The van der Waals surface area contributed by atoms with E-state index in [1.54, 1.807) is 6.20 Å². The van der Waals surface area contributed by atoms with E-state index in [1.807, 2.05) is 17.3 Å². The third kappa shape index (κ3) is 4.08. The van der Waals surface area contributed by atoms with Crippen LogP contribution in [0.3, 0.4) is 0 Å². The molecule has 140 valence electrons. The number of thiazole rings is 1. The van der Waals surface area contributed by atoms with Crippen LogP contribution in [0.2, 0.25) is 0 Å². The maximum Gasteiger partial charge on any atom is 0.256 e. The van der Waals surface area contributed by atoms with E-state index in [-0.39, 0.29) is 18.7 Å². The number of aliphatic hydroxyl groups is 1. The van der Waals surface area contributed by atoms with Crippen LogP contribution in [0.15, 0.2) is 29.8 Å². The Morgan fingerprint density at radius 2 is 2.23 bits per heavy atom. The number of amides is 1. The number of likely N-dealkylation sites (N-methyl/N-ethyl adjacent to an activating group) is 1. The van der Waals surface area contributed by atoms with Crippen LogP contribution >= 0.6 is 11.3 Å².